The van der Waals surface area contributed by atoms with Gasteiger partial charge in [-0.15, -0.1) is 0 Å². The average Bonchev–Trinajstić information content (AvgIpc) is 2.93. The van der Waals surface area contributed by atoms with Crippen molar-refractivity contribution >= 4 is 35.0 Å². The second-order valence-electron chi connectivity index (χ2n) is 7.88. The van der Waals surface area contributed by atoms with E-state index in [0.29, 0.717) is 5.56 Å². The first-order valence-electron chi connectivity index (χ1n) is 10.4. The zero-order valence-corrected chi connectivity index (χ0v) is 17.3. The van der Waals surface area contributed by atoms with Crippen molar-refractivity contribution in [3.05, 3.63) is 125 Å². The molecule has 4 aromatic rings. The molecule has 0 unspecified atom stereocenters. The Kier molecular flexibility index (Phi) is 4.56. The van der Waals surface area contributed by atoms with Gasteiger partial charge in [0.15, 0.2) is 5.60 Å². The molecule has 1 aliphatic rings. The van der Waals surface area contributed by atoms with Gasteiger partial charge in [-0.25, -0.2) is 4.79 Å². The summed E-state index contributed by atoms with van der Waals surface area (Å²) in [5, 5.41) is 1.85. The van der Waals surface area contributed by atoms with Crippen LogP contribution in [0.3, 0.4) is 0 Å². The van der Waals surface area contributed by atoms with E-state index in [1.54, 1.807) is 0 Å². The molecule has 0 fully saturated rings. The van der Waals surface area contributed by atoms with Crippen LogP contribution < -0.4 is 0 Å². The van der Waals surface area contributed by atoms with E-state index in [0.717, 1.165) is 38.6 Å². The predicted octanol–water partition coefficient (Wildman–Crippen LogP) is 7.09. The highest BCUT2D eigenvalue weighted by atomic mass is 16.6. The van der Waals surface area contributed by atoms with E-state index in [2.05, 4.69) is 30.9 Å². The Labute approximate surface area is 182 Å². The first-order valence-corrected chi connectivity index (χ1v) is 10.4. The van der Waals surface area contributed by atoms with Crippen molar-refractivity contribution in [1.82, 2.24) is 0 Å². The highest BCUT2D eigenvalue weighted by molar-refractivity contribution is 6.06. The topological polar surface area (TPSA) is 26.3 Å². The molecule has 0 heterocycles. The summed E-state index contributed by atoms with van der Waals surface area (Å²) in [7, 11) is 0. The Morgan fingerprint density at radius 1 is 0.774 bits per heavy atom. The number of fused-ring (bicyclic) bond motifs is 3. The zero-order valence-electron chi connectivity index (χ0n) is 17.3. The molecule has 31 heavy (non-hydrogen) atoms. The van der Waals surface area contributed by atoms with Gasteiger partial charge in [-0.3, -0.25) is 0 Å². The summed E-state index contributed by atoms with van der Waals surface area (Å²) >= 11 is 0. The monoisotopic (exact) mass is 402 g/mol. The molecule has 1 aliphatic carbocycles. The van der Waals surface area contributed by atoms with Gasteiger partial charge in [-0.2, -0.15) is 0 Å². The fourth-order valence-electron chi connectivity index (χ4n) is 4.52. The van der Waals surface area contributed by atoms with E-state index in [1.807, 2.05) is 85.8 Å². The number of carbonyl (C=O) groups excluding carboxylic acids is 1. The summed E-state index contributed by atoms with van der Waals surface area (Å²) in [5.41, 5.74) is 4.64. The van der Waals surface area contributed by atoms with E-state index in [-0.39, 0.29) is 5.97 Å². The summed E-state index contributed by atoms with van der Waals surface area (Å²) < 4.78 is 6.37. The highest BCUT2D eigenvalue weighted by Gasteiger charge is 2.38. The van der Waals surface area contributed by atoms with Crippen LogP contribution in [0, 0.1) is 0 Å². The Balaban J connectivity index is 1.67. The third-order valence-electron chi connectivity index (χ3n) is 6.08. The van der Waals surface area contributed by atoms with Crippen molar-refractivity contribution in [3.8, 4) is 0 Å². The van der Waals surface area contributed by atoms with Crippen molar-refractivity contribution in [2.24, 2.45) is 0 Å². The van der Waals surface area contributed by atoms with Gasteiger partial charge in [-0.1, -0.05) is 104 Å². The number of carbonyl (C=O) groups is 1. The fraction of sp³-hybridized carbons (Fsp3) is 0.0690. The van der Waals surface area contributed by atoms with Crippen LogP contribution in [0.25, 0.3) is 29.0 Å². The molecule has 0 aromatic heterocycles. The minimum absolute atomic E-state index is 0.346. The molecule has 150 valence electrons. The van der Waals surface area contributed by atoms with Crippen LogP contribution in [0.2, 0.25) is 0 Å². The maximum Gasteiger partial charge on any atom is 0.339 e. The van der Waals surface area contributed by atoms with E-state index in [1.165, 1.54) is 0 Å². The Hall–Kier alpha value is -3.91. The van der Waals surface area contributed by atoms with Gasteiger partial charge in [0.05, 0.1) is 5.56 Å². The highest BCUT2D eigenvalue weighted by Crippen LogP contribution is 2.41. The lowest BCUT2D eigenvalue weighted by molar-refractivity contribution is 0.00634. The lowest BCUT2D eigenvalue weighted by atomic mass is 9.84. The summed E-state index contributed by atoms with van der Waals surface area (Å²) in [4.78, 5) is 13.6. The second-order valence-corrected chi connectivity index (χ2v) is 7.88. The SMILES string of the molecule is C=Cc1cccc2c(C(=O)OC3(C)c4ccccc4C=Cc4ccccc43)cccc12. The number of esters is 1. The number of benzene rings is 4. The number of hydrogen-bond acceptors (Lipinski definition) is 2. The van der Waals surface area contributed by atoms with Crippen LogP contribution >= 0.6 is 0 Å². The Morgan fingerprint density at radius 3 is 2.00 bits per heavy atom. The van der Waals surface area contributed by atoms with Gasteiger partial charge >= 0.3 is 5.97 Å². The number of ether oxygens (including phenoxy) is 1. The summed E-state index contributed by atoms with van der Waals surface area (Å²) in [5.74, 6) is -0.346. The van der Waals surface area contributed by atoms with Crippen LogP contribution in [0.5, 0.6) is 0 Å². The lowest BCUT2D eigenvalue weighted by Gasteiger charge is -2.32. The molecule has 0 radical (unpaired) electrons. The molecule has 0 saturated heterocycles. The molecule has 0 bridgehead atoms. The molecule has 5 rings (SSSR count). The van der Waals surface area contributed by atoms with Crippen LogP contribution in [0.15, 0.2) is 91.5 Å². The van der Waals surface area contributed by atoms with E-state index < -0.39 is 5.60 Å². The summed E-state index contributed by atoms with van der Waals surface area (Å²) in [6.45, 7) is 5.88. The standard InChI is InChI=1S/C29H22O2/c1-3-20-12-8-14-24-23(20)13-9-15-25(24)28(30)31-29(2)26-16-6-4-10-21(26)18-19-22-11-5-7-17-27(22)29/h3-19H,1H2,2H3. The molecule has 0 spiro atoms. The van der Waals surface area contributed by atoms with Gasteiger partial charge in [0, 0.05) is 11.1 Å². The minimum atomic E-state index is -0.925. The largest absolute Gasteiger partial charge is 0.446 e. The van der Waals surface area contributed by atoms with Crippen LogP contribution in [-0.4, -0.2) is 5.97 Å². The summed E-state index contributed by atoms with van der Waals surface area (Å²) in [6.07, 6.45) is 5.98. The van der Waals surface area contributed by atoms with Gasteiger partial charge in [0.25, 0.3) is 0 Å². The van der Waals surface area contributed by atoms with Gasteiger partial charge in [0.2, 0.25) is 0 Å². The van der Waals surface area contributed by atoms with E-state index in [4.69, 9.17) is 4.74 Å². The Bertz CT molecular complexity index is 1310. The third kappa shape index (κ3) is 3.08. The molecule has 0 atom stereocenters. The minimum Gasteiger partial charge on any atom is -0.446 e. The van der Waals surface area contributed by atoms with Gasteiger partial charge in [0.1, 0.15) is 0 Å². The smallest absolute Gasteiger partial charge is 0.339 e. The first-order chi connectivity index (χ1) is 15.1. The number of rotatable bonds is 3. The lowest BCUT2D eigenvalue weighted by Crippen LogP contribution is -2.32. The molecular weight excluding hydrogens is 380 g/mol. The maximum absolute atomic E-state index is 13.6. The molecule has 2 heteroatoms. The first kappa shape index (κ1) is 19.1. The van der Waals surface area contributed by atoms with E-state index >= 15 is 0 Å². The van der Waals surface area contributed by atoms with Crippen LogP contribution in [0.4, 0.5) is 0 Å². The predicted molar refractivity (Wildman–Crippen MR) is 128 cm³/mol. The van der Waals surface area contributed by atoms with Crippen molar-refractivity contribution in [2.75, 3.05) is 0 Å². The molecule has 4 aromatic carbocycles. The third-order valence-corrected chi connectivity index (χ3v) is 6.08. The Morgan fingerprint density at radius 2 is 1.35 bits per heavy atom. The second kappa shape index (κ2) is 7.41. The maximum atomic E-state index is 13.6. The fourth-order valence-corrected chi connectivity index (χ4v) is 4.52. The van der Waals surface area contributed by atoms with Crippen molar-refractivity contribution < 1.29 is 9.53 Å². The van der Waals surface area contributed by atoms with Gasteiger partial charge in [-0.05, 0) is 40.5 Å². The molecule has 2 nitrogen and oxygen atoms in total. The molecule has 0 aliphatic heterocycles. The molecule has 0 saturated carbocycles. The summed E-state index contributed by atoms with van der Waals surface area (Å²) in [6, 6.07) is 27.8. The quantitative estimate of drug-likeness (QED) is 0.342. The molecule has 0 N–H and O–H groups in total. The van der Waals surface area contributed by atoms with Crippen molar-refractivity contribution in [1.29, 1.82) is 0 Å². The van der Waals surface area contributed by atoms with Gasteiger partial charge < -0.3 is 4.74 Å². The van der Waals surface area contributed by atoms with E-state index in [9.17, 15) is 4.79 Å². The van der Waals surface area contributed by atoms with Crippen LogP contribution in [-0.2, 0) is 10.3 Å². The van der Waals surface area contributed by atoms with Crippen LogP contribution in [0.1, 0.15) is 45.1 Å². The molecular formula is C29H22O2. The zero-order chi connectivity index (χ0) is 21.4. The normalized spacial score (nSPS) is 13.7. The average molecular weight is 402 g/mol. The van der Waals surface area contributed by atoms with Crippen molar-refractivity contribution in [2.45, 2.75) is 12.5 Å². The molecule has 0 amide bonds. The van der Waals surface area contributed by atoms with Crippen molar-refractivity contribution in [3.63, 3.8) is 0 Å². The number of hydrogen-bond donors (Lipinski definition) is 0.